The van der Waals surface area contributed by atoms with Crippen LogP contribution in [0.1, 0.15) is 24.0 Å². The van der Waals surface area contributed by atoms with Crippen molar-refractivity contribution in [3.8, 4) is 0 Å². The van der Waals surface area contributed by atoms with Crippen LogP contribution in [-0.2, 0) is 9.59 Å². The van der Waals surface area contributed by atoms with Crippen molar-refractivity contribution >= 4 is 23.2 Å². The van der Waals surface area contributed by atoms with Gasteiger partial charge >= 0.3 is 0 Å². The molecule has 0 aliphatic rings. The van der Waals surface area contributed by atoms with E-state index >= 15 is 0 Å². The molecule has 0 atom stereocenters. The molecule has 2 amide bonds. The molecule has 0 bridgehead atoms. The average Bonchev–Trinajstić information content (AvgIpc) is 2.69. The molecule has 3 rings (SSSR count). The van der Waals surface area contributed by atoms with E-state index in [0.29, 0.717) is 5.69 Å². The summed E-state index contributed by atoms with van der Waals surface area (Å²) in [5.74, 6) is -0.596. The minimum atomic E-state index is -0.415. The van der Waals surface area contributed by atoms with E-state index < -0.39 is 5.92 Å². The number of rotatable bonds is 5. The van der Waals surface area contributed by atoms with Gasteiger partial charge in [-0.3, -0.25) is 9.59 Å². The second-order valence-electron chi connectivity index (χ2n) is 6.37. The third-order valence-electron chi connectivity index (χ3n) is 4.50. The summed E-state index contributed by atoms with van der Waals surface area (Å²) in [5.41, 5.74) is 3.25. The summed E-state index contributed by atoms with van der Waals surface area (Å²) >= 11 is 0. The van der Waals surface area contributed by atoms with Gasteiger partial charge in [-0.05, 0) is 29.3 Å². The van der Waals surface area contributed by atoms with Crippen molar-refractivity contribution in [2.24, 2.45) is 0 Å². The summed E-state index contributed by atoms with van der Waals surface area (Å²) in [6.07, 6.45) is 0. The van der Waals surface area contributed by atoms with Crippen molar-refractivity contribution in [1.29, 1.82) is 0 Å². The molecular formula is C23H22N2O2. The molecule has 0 saturated heterocycles. The van der Waals surface area contributed by atoms with Crippen LogP contribution in [0.3, 0.4) is 0 Å². The zero-order valence-electron chi connectivity index (χ0n) is 15.4. The highest BCUT2D eigenvalue weighted by Gasteiger charge is 2.22. The lowest BCUT2D eigenvalue weighted by atomic mass is 9.90. The summed E-state index contributed by atoms with van der Waals surface area (Å²) < 4.78 is 0. The number of nitrogens with zero attached hydrogens (tertiary/aromatic N) is 1. The molecule has 4 nitrogen and oxygen atoms in total. The van der Waals surface area contributed by atoms with Crippen LogP contribution < -0.4 is 10.2 Å². The highest BCUT2D eigenvalue weighted by atomic mass is 16.2. The molecule has 0 fully saturated rings. The number of anilines is 2. The quantitative estimate of drug-likeness (QED) is 0.733. The number of nitrogens with one attached hydrogen (secondary N) is 1. The maximum Gasteiger partial charge on any atom is 0.236 e. The molecular weight excluding hydrogens is 336 g/mol. The molecule has 0 heterocycles. The Morgan fingerprint density at radius 2 is 1.37 bits per heavy atom. The third kappa shape index (κ3) is 4.42. The molecule has 0 radical (unpaired) electrons. The van der Waals surface area contributed by atoms with E-state index in [-0.39, 0.29) is 11.8 Å². The normalized spacial score (nSPS) is 10.5. The second kappa shape index (κ2) is 8.32. The van der Waals surface area contributed by atoms with E-state index in [1.165, 1.54) is 6.92 Å². The van der Waals surface area contributed by atoms with Crippen LogP contribution in [0.25, 0.3) is 0 Å². The van der Waals surface area contributed by atoms with Crippen molar-refractivity contribution in [2.45, 2.75) is 12.8 Å². The highest BCUT2D eigenvalue weighted by molar-refractivity contribution is 5.99. The molecule has 0 saturated carbocycles. The summed E-state index contributed by atoms with van der Waals surface area (Å²) in [4.78, 5) is 26.3. The van der Waals surface area contributed by atoms with E-state index in [2.05, 4.69) is 5.32 Å². The number of amides is 2. The Morgan fingerprint density at radius 1 is 0.815 bits per heavy atom. The van der Waals surface area contributed by atoms with Gasteiger partial charge in [0.05, 0.1) is 5.92 Å². The Bertz CT molecular complexity index is 884. The third-order valence-corrected chi connectivity index (χ3v) is 4.50. The van der Waals surface area contributed by atoms with Gasteiger partial charge in [-0.25, -0.2) is 0 Å². The Labute approximate surface area is 159 Å². The summed E-state index contributed by atoms with van der Waals surface area (Å²) in [5, 5.41) is 3.00. The van der Waals surface area contributed by atoms with E-state index in [1.54, 1.807) is 18.0 Å². The first-order chi connectivity index (χ1) is 13.1. The van der Waals surface area contributed by atoms with Gasteiger partial charge in [-0.15, -0.1) is 0 Å². The first kappa shape index (κ1) is 18.4. The van der Waals surface area contributed by atoms with Gasteiger partial charge in [-0.1, -0.05) is 66.7 Å². The van der Waals surface area contributed by atoms with Crippen LogP contribution in [-0.4, -0.2) is 18.9 Å². The van der Waals surface area contributed by atoms with E-state index in [0.717, 1.165) is 16.8 Å². The first-order valence-corrected chi connectivity index (χ1v) is 8.81. The van der Waals surface area contributed by atoms with Gasteiger partial charge in [0.2, 0.25) is 11.8 Å². The maximum absolute atomic E-state index is 13.1. The van der Waals surface area contributed by atoms with Gasteiger partial charge < -0.3 is 10.2 Å². The lowest BCUT2D eigenvalue weighted by Crippen LogP contribution is -2.24. The average molecular weight is 358 g/mol. The van der Waals surface area contributed by atoms with Crippen molar-refractivity contribution in [3.05, 3.63) is 96.1 Å². The van der Waals surface area contributed by atoms with E-state index in [1.807, 2.05) is 78.9 Å². The Hall–Kier alpha value is -3.40. The van der Waals surface area contributed by atoms with Crippen LogP contribution >= 0.6 is 0 Å². The molecule has 1 N–H and O–H groups in total. The van der Waals surface area contributed by atoms with Crippen molar-refractivity contribution in [2.75, 3.05) is 17.3 Å². The number of benzene rings is 3. The maximum atomic E-state index is 13.1. The van der Waals surface area contributed by atoms with Gasteiger partial charge in [0.15, 0.2) is 0 Å². The molecule has 3 aromatic rings. The number of hydrogen-bond acceptors (Lipinski definition) is 2. The Morgan fingerprint density at radius 3 is 1.89 bits per heavy atom. The summed E-state index contributed by atoms with van der Waals surface area (Å²) in [6, 6.07) is 26.7. The molecule has 27 heavy (non-hydrogen) atoms. The largest absolute Gasteiger partial charge is 0.325 e. The van der Waals surface area contributed by atoms with E-state index in [4.69, 9.17) is 0 Å². The Kier molecular flexibility index (Phi) is 5.67. The summed E-state index contributed by atoms with van der Waals surface area (Å²) in [6.45, 7) is 1.51. The predicted molar refractivity (Wildman–Crippen MR) is 109 cm³/mol. The monoisotopic (exact) mass is 358 g/mol. The number of hydrogen-bond donors (Lipinski definition) is 1. The standard InChI is InChI=1S/C23H22N2O2/c1-17(26)25(2)21-15-9-14-20(16-21)24-23(27)22(18-10-5-3-6-11-18)19-12-7-4-8-13-19/h3-16,22H,1-2H3,(H,24,27). The van der Waals surface area contributed by atoms with Crippen LogP contribution in [0.4, 0.5) is 11.4 Å². The lowest BCUT2D eigenvalue weighted by molar-refractivity contribution is -0.117. The molecule has 4 heteroatoms. The van der Waals surface area contributed by atoms with Gasteiger partial charge in [0.25, 0.3) is 0 Å². The molecule has 136 valence electrons. The number of carbonyl (C=O) groups excluding carboxylic acids is 2. The lowest BCUT2D eigenvalue weighted by Gasteiger charge is -2.19. The highest BCUT2D eigenvalue weighted by Crippen LogP contribution is 2.27. The Balaban J connectivity index is 1.90. The van der Waals surface area contributed by atoms with Crippen LogP contribution in [0, 0.1) is 0 Å². The molecule has 3 aromatic carbocycles. The van der Waals surface area contributed by atoms with Gasteiger partial charge in [-0.2, -0.15) is 0 Å². The number of carbonyl (C=O) groups is 2. The van der Waals surface area contributed by atoms with Gasteiger partial charge in [0, 0.05) is 25.3 Å². The fraction of sp³-hybridized carbons (Fsp3) is 0.130. The zero-order chi connectivity index (χ0) is 19.2. The van der Waals surface area contributed by atoms with Gasteiger partial charge in [0.1, 0.15) is 0 Å². The molecule has 0 aliphatic carbocycles. The SMILES string of the molecule is CC(=O)N(C)c1cccc(NC(=O)C(c2ccccc2)c2ccccc2)c1. The van der Waals surface area contributed by atoms with E-state index in [9.17, 15) is 9.59 Å². The zero-order valence-corrected chi connectivity index (χ0v) is 15.4. The van der Waals surface area contributed by atoms with Crippen LogP contribution in [0.5, 0.6) is 0 Å². The minimum Gasteiger partial charge on any atom is -0.325 e. The molecule has 0 unspecified atom stereocenters. The first-order valence-electron chi connectivity index (χ1n) is 8.81. The molecule has 0 aliphatic heterocycles. The second-order valence-corrected chi connectivity index (χ2v) is 6.37. The van der Waals surface area contributed by atoms with Crippen LogP contribution in [0.2, 0.25) is 0 Å². The predicted octanol–water partition coefficient (Wildman–Crippen LogP) is 4.44. The molecule has 0 spiro atoms. The fourth-order valence-corrected chi connectivity index (χ4v) is 2.97. The van der Waals surface area contributed by atoms with Crippen molar-refractivity contribution < 1.29 is 9.59 Å². The van der Waals surface area contributed by atoms with Crippen molar-refractivity contribution in [3.63, 3.8) is 0 Å². The van der Waals surface area contributed by atoms with Crippen molar-refractivity contribution in [1.82, 2.24) is 0 Å². The fourth-order valence-electron chi connectivity index (χ4n) is 2.97. The summed E-state index contributed by atoms with van der Waals surface area (Å²) in [7, 11) is 1.71. The smallest absolute Gasteiger partial charge is 0.236 e. The molecule has 0 aromatic heterocycles. The topological polar surface area (TPSA) is 49.4 Å². The van der Waals surface area contributed by atoms with Crippen LogP contribution in [0.15, 0.2) is 84.9 Å². The minimum absolute atomic E-state index is 0.0649.